The second-order valence-corrected chi connectivity index (χ2v) is 6.27. The van der Waals surface area contributed by atoms with Crippen LogP contribution < -0.4 is 0 Å². The minimum Gasteiger partial charge on any atom is -0.478 e. The van der Waals surface area contributed by atoms with E-state index in [0.29, 0.717) is 17.7 Å². The lowest BCUT2D eigenvalue weighted by Gasteiger charge is -2.10. The van der Waals surface area contributed by atoms with E-state index in [-0.39, 0.29) is 12.1 Å². The van der Waals surface area contributed by atoms with Crippen molar-refractivity contribution in [2.45, 2.75) is 32.8 Å². The van der Waals surface area contributed by atoms with E-state index in [2.05, 4.69) is 0 Å². The van der Waals surface area contributed by atoms with Gasteiger partial charge in [0.1, 0.15) is 6.61 Å². The molecule has 2 aromatic carbocycles. The normalized spacial score (nSPS) is 15.7. The highest BCUT2D eigenvalue weighted by molar-refractivity contribution is 5.89. The highest BCUT2D eigenvalue weighted by Gasteiger charge is 2.17. The fraction of sp³-hybridized carbons (Fsp3) is 0.333. The lowest BCUT2D eigenvalue weighted by molar-refractivity contribution is 0.0161. The Bertz CT molecular complexity index is 713. The SMILES string of the molecule is Cc1ccc(C(=O)O)cc1.Cc1ccc(C(=O)OCC2CCCO2)cc1. The Morgan fingerprint density at radius 1 is 1.00 bits per heavy atom. The maximum Gasteiger partial charge on any atom is 0.338 e. The van der Waals surface area contributed by atoms with Crippen LogP contribution in [0.2, 0.25) is 0 Å². The predicted molar refractivity (Wildman–Crippen MR) is 98.6 cm³/mol. The molecule has 1 unspecified atom stereocenters. The number of aryl methyl sites for hydroxylation is 2. The Balaban J connectivity index is 0.000000209. The smallest absolute Gasteiger partial charge is 0.338 e. The molecule has 2 aromatic rings. The number of hydrogen-bond acceptors (Lipinski definition) is 4. The standard InChI is InChI=1S/C13H16O3.C8H8O2/c1-10-4-6-11(7-5-10)13(14)16-9-12-3-2-8-15-12;1-6-2-4-7(5-3-6)8(9)10/h4-7,12H,2-3,8-9H2,1H3;2-5H,1H3,(H,9,10). The van der Waals surface area contributed by atoms with Crippen LogP contribution in [0.15, 0.2) is 48.5 Å². The summed E-state index contributed by atoms with van der Waals surface area (Å²) in [7, 11) is 0. The number of benzene rings is 2. The molecule has 0 radical (unpaired) electrons. The molecule has 5 heteroatoms. The minimum atomic E-state index is -0.875. The Morgan fingerprint density at radius 3 is 2.00 bits per heavy atom. The van der Waals surface area contributed by atoms with Gasteiger partial charge in [0.25, 0.3) is 0 Å². The number of rotatable bonds is 4. The second-order valence-electron chi connectivity index (χ2n) is 6.27. The lowest BCUT2D eigenvalue weighted by atomic mass is 10.1. The molecule has 0 aliphatic carbocycles. The van der Waals surface area contributed by atoms with Crippen LogP contribution in [0.5, 0.6) is 0 Å². The van der Waals surface area contributed by atoms with Crippen LogP contribution in [0.25, 0.3) is 0 Å². The molecule has 0 bridgehead atoms. The van der Waals surface area contributed by atoms with Gasteiger partial charge in [-0.25, -0.2) is 9.59 Å². The summed E-state index contributed by atoms with van der Waals surface area (Å²) in [5, 5.41) is 8.48. The number of hydrogen-bond donors (Lipinski definition) is 1. The van der Waals surface area contributed by atoms with Gasteiger partial charge in [0, 0.05) is 6.61 Å². The monoisotopic (exact) mass is 356 g/mol. The molecule has 0 amide bonds. The Morgan fingerprint density at radius 2 is 1.54 bits per heavy atom. The molecule has 1 aliphatic rings. The molecule has 1 atom stereocenters. The molecular formula is C21H24O5. The van der Waals surface area contributed by atoms with E-state index in [9.17, 15) is 9.59 Å². The van der Waals surface area contributed by atoms with Crippen LogP contribution in [-0.2, 0) is 9.47 Å². The number of carbonyl (C=O) groups excluding carboxylic acids is 1. The Labute approximate surface area is 153 Å². The van der Waals surface area contributed by atoms with Crippen molar-refractivity contribution in [1.29, 1.82) is 0 Å². The van der Waals surface area contributed by atoms with Crippen molar-refractivity contribution in [3.63, 3.8) is 0 Å². The van der Waals surface area contributed by atoms with Crippen LogP contribution in [0.3, 0.4) is 0 Å². The van der Waals surface area contributed by atoms with Crippen molar-refractivity contribution in [1.82, 2.24) is 0 Å². The first-order valence-electron chi connectivity index (χ1n) is 8.61. The largest absolute Gasteiger partial charge is 0.478 e. The van der Waals surface area contributed by atoms with Crippen molar-refractivity contribution in [3.8, 4) is 0 Å². The van der Waals surface area contributed by atoms with Gasteiger partial charge in [-0.1, -0.05) is 35.4 Å². The van der Waals surface area contributed by atoms with E-state index in [1.807, 2.05) is 26.0 Å². The zero-order valence-electron chi connectivity index (χ0n) is 15.1. The number of carbonyl (C=O) groups is 2. The van der Waals surface area contributed by atoms with Gasteiger partial charge in [0.15, 0.2) is 0 Å². The van der Waals surface area contributed by atoms with Gasteiger partial charge in [-0.2, -0.15) is 0 Å². The highest BCUT2D eigenvalue weighted by Crippen LogP contribution is 2.13. The summed E-state index contributed by atoms with van der Waals surface area (Å²) in [4.78, 5) is 21.9. The molecular weight excluding hydrogens is 332 g/mol. The minimum absolute atomic E-state index is 0.0920. The van der Waals surface area contributed by atoms with Crippen LogP contribution >= 0.6 is 0 Å². The fourth-order valence-corrected chi connectivity index (χ4v) is 2.41. The third kappa shape index (κ3) is 6.33. The zero-order chi connectivity index (χ0) is 18.9. The van der Waals surface area contributed by atoms with Gasteiger partial charge in [0.05, 0.1) is 17.2 Å². The van der Waals surface area contributed by atoms with Crippen LogP contribution in [0.4, 0.5) is 0 Å². The van der Waals surface area contributed by atoms with Crippen molar-refractivity contribution in [3.05, 3.63) is 70.8 Å². The Hall–Kier alpha value is -2.66. The van der Waals surface area contributed by atoms with E-state index in [1.54, 1.807) is 36.4 Å². The molecule has 5 nitrogen and oxygen atoms in total. The quantitative estimate of drug-likeness (QED) is 0.838. The molecule has 0 saturated carbocycles. The van der Waals surface area contributed by atoms with Crippen LogP contribution in [0, 0.1) is 13.8 Å². The third-order valence-corrected chi connectivity index (χ3v) is 4.01. The summed E-state index contributed by atoms with van der Waals surface area (Å²) in [6.45, 7) is 5.06. The number of carboxylic acid groups (broad SMARTS) is 1. The maximum absolute atomic E-state index is 11.6. The van der Waals surface area contributed by atoms with Crippen LogP contribution in [-0.4, -0.2) is 36.4 Å². The first-order valence-corrected chi connectivity index (χ1v) is 8.61. The fourth-order valence-electron chi connectivity index (χ4n) is 2.41. The number of carboxylic acids is 1. The van der Waals surface area contributed by atoms with E-state index in [0.717, 1.165) is 30.6 Å². The van der Waals surface area contributed by atoms with Gasteiger partial charge >= 0.3 is 11.9 Å². The third-order valence-electron chi connectivity index (χ3n) is 4.01. The summed E-state index contributed by atoms with van der Waals surface area (Å²) in [5.41, 5.74) is 3.15. The average molecular weight is 356 g/mol. The number of ether oxygens (including phenoxy) is 2. The molecule has 0 spiro atoms. The summed E-state index contributed by atoms with van der Waals surface area (Å²) in [5.74, 6) is -1.14. The van der Waals surface area contributed by atoms with E-state index in [4.69, 9.17) is 14.6 Å². The first-order chi connectivity index (χ1) is 12.5. The van der Waals surface area contributed by atoms with Crippen molar-refractivity contribution >= 4 is 11.9 Å². The number of esters is 1. The van der Waals surface area contributed by atoms with E-state index >= 15 is 0 Å². The molecule has 138 valence electrons. The highest BCUT2D eigenvalue weighted by atomic mass is 16.6. The Kier molecular flexibility index (Phi) is 7.36. The van der Waals surface area contributed by atoms with Crippen molar-refractivity contribution in [2.24, 2.45) is 0 Å². The molecule has 26 heavy (non-hydrogen) atoms. The summed E-state index contributed by atoms with van der Waals surface area (Å²) < 4.78 is 10.6. The molecule has 0 aromatic heterocycles. The average Bonchev–Trinajstić information content (AvgIpc) is 3.15. The zero-order valence-corrected chi connectivity index (χ0v) is 15.1. The molecule has 1 N–H and O–H groups in total. The summed E-state index contributed by atoms with van der Waals surface area (Å²) in [6.07, 6.45) is 2.14. The maximum atomic E-state index is 11.6. The molecule has 1 heterocycles. The van der Waals surface area contributed by atoms with E-state index < -0.39 is 5.97 Å². The van der Waals surface area contributed by atoms with Gasteiger partial charge in [0.2, 0.25) is 0 Å². The molecule has 3 rings (SSSR count). The van der Waals surface area contributed by atoms with Gasteiger partial charge in [-0.15, -0.1) is 0 Å². The van der Waals surface area contributed by atoms with Crippen molar-refractivity contribution < 1.29 is 24.2 Å². The molecule has 1 fully saturated rings. The number of aromatic carboxylic acids is 1. The first kappa shape index (κ1) is 19.7. The van der Waals surface area contributed by atoms with Gasteiger partial charge in [-0.3, -0.25) is 0 Å². The van der Waals surface area contributed by atoms with E-state index in [1.165, 1.54) is 0 Å². The molecule has 1 saturated heterocycles. The topological polar surface area (TPSA) is 72.8 Å². The molecule has 1 aliphatic heterocycles. The summed E-state index contributed by atoms with van der Waals surface area (Å²) in [6, 6.07) is 14.1. The van der Waals surface area contributed by atoms with Gasteiger partial charge in [-0.05, 0) is 51.0 Å². The van der Waals surface area contributed by atoms with Gasteiger partial charge < -0.3 is 14.6 Å². The second kappa shape index (κ2) is 9.73. The summed E-state index contributed by atoms with van der Waals surface area (Å²) >= 11 is 0. The predicted octanol–water partition coefficient (Wildman–Crippen LogP) is 4.02. The van der Waals surface area contributed by atoms with Crippen molar-refractivity contribution in [2.75, 3.05) is 13.2 Å². The lowest BCUT2D eigenvalue weighted by Crippen LogP contribution is -2.17. The van der Waals surface area contributed by atoms with Crippen LogP contribution in [0.1, 0.15) is 44.7 Å².